The largest absolute Gasteiger partial charge is 0.573 e. The van der Waals surface area contributed by atoms with Crippen LogP contribution in [0.25, 0.3) is 10.9 Å². The molecule has 0 atom stereocenters. The van der Waals surface area contributed by atoms with E-state index in [1.165, 1.54) is 19.2 Å². The fourth-order valence-electron chi connectivity index (χ4n) is 1.84. The van der Waals surface area contributed by atoms with Crippen LogP contribution in [0.1, 0.15) is 0 Å². The highest BCUT2D eigenvalue weighted by Crippen LogP contribution is 2.25. The van der Waals surface area contributed by atoms with Crippen LogP contribution in [0.5, 0.6) is 5.75 Å². The van der Waals surface area contributed by atoms with Crippen molar-refractivity contribution in [3.05, 3.63) is 40.7 Å². The van der Waals surface area contributed by atoms with Crippen LogP contribution in [0.3, 0.4) is 0 Å². The van der Waals surface area contributed by atoms with Crippen LogP contribution in [0.4, 0.5) is 13.2 Å². The number of esters is 1. The molecule has 8 heteroatoms. The summed E-state index contributed by atoms with van der Waals surface area (Å²) in [5, 5.41) is 0.334. The van der Waals surface area contributed by atoms with Crippen molar-refractivity contribution in [2.75, 3.05) is 7.11 Å². The smallest absolute Gasteiger partial charge is 0.468 e. The van der Waals surface area contributed by atoms with Gasteiger partial charge in [0, 0.05) is 11.5 Å². The fourth-order valence-corrected chi connectivity index (χ4v) is 1.84. The summed E-state index contributed by atoms with van der Waals surface area (Å²) in [6, 6.07) is 6.00. The molecule has 1 aromatic heterocycles. The van der Waals surface area contributed by atoms with Crippen LogP contribution in [0.2, 0.25) is 0 Å². The quantitative estimate of drug-likeness (QED) is 0.814. The fraction of sp³-hybridized carbons (Fsp3) is 0.231. The molecule has 0 aliphatic carbocycles. The van der Waals surface area contributed by atoms with E-state index in [2.05, 4.69) is 9.47 Å². The first-order valence-corrected chi connectivity index (χ1v) is 5.76. The summed E-state index contributed by atoms with van der Waals surface area (Å²) in [5.74, 6) is -1.04. The molecule has 112 valence electrons. The third-order valence-corrected chi connectivity index (χ3v) is 2.71. The van der Waals surface area contributed by atoms with Gasteiger partial charge in [-0.15, -0.1) is 13.2 Å². The molecule has 1 aromatic carbocycles. The van der Waals surface area contributed by atoms with Gasteiger partial charge in [0.1, 0.15) is 12.3 Å². The van der Waals surface area contributed by atoms with Crippen molar-refractivity contribution < 1.29 is 27.4 Å². The van der Waals surface area contributed by atoms with Gasteiger partial charge in [-0.1, -0.05) is 0 Å². The van der Waals surface area contributed by atoms with Gasteiger partial charge in [0.2, 0.25) is 0 Å². The standard InChI is InChI=1S/C13H10F3NO4/c1-20-12(19)7-17-10-4-3-9(21-13(14,15)16)6-8(10)2-5-11(17)18/h2-6H,7H2,1H3. The van der Waals surface area contributed by atoms with E-state index >= 15 is 0 Å². The molecule has 0 fully saturated rings. The number of rotatable bonds is 3. The SMILES string of the molecule is COC(=O)Cn1c(=O)ccc2cc(OC(F)(F)F)ccc21. The second-order valence-corrected chi connectivity index (χ2v) is 4.10. The zero-order valence-corrected chi connectivity index (χ0v) is 10.8. The molecular formula is C13H10F3NO4. The molecule has 0 amide bonds. The molecule has 0 aliphatic rings. The van der Waals surface area contributed by atoms with Gasteiger partial charge in [-0.3, -0.25) is 14.2 Å². The van der Waals surface area contributed by atoms with Gasteiger partial charge in [-0.2, -0.15) is 0 Å². The number of hydrogen-bond donors (Lipinski definition) is 0. The molecule has 0 radical (unpaired) electrons. The lowest BCUT2D eigenvalue weighted by Crippen LogP contribution is -2.24. The molecule has 0 saturated carbocycles. The molecule has 0 aliphatic heterocycles. The Labute approximate surface area is 116 Å². The third-order valence-electron chi connectivity index (χ3n) is 2.71. The Hall–Kier alpha value is -2.51. The molecule has 21 heavy (non-hydrogen) atoms. The van der Waals surface area contributed by atoms with E-state index in [1.807, 2.05) is 0 Å². The monoisotopic (exact) mass is 301 g/mol. The van der Waals surface area contributed by atoms with Crippen LogP contribution in [-0.2, 0) is 16.1 Å². The third kappa shape index (κ3) is 3.53. The first-order valence-electron chi connectivity index (χ1n) is 5.76. The van der Waals surface area contributed by atoms with Gasteiger partial charge >= 0.3 is 12.3 Å². The van der Waals surface area contributed by atoms with Crippen molar-refractivity contribution in [3.8, 4) is 5.75 Å². The summed E-state index contributed by atoms with van der Waals surface area (Å²) in [4.78, 5) is 23.0. The van der Waals surface area contributed by atoms with Crippen molar-refractivity contribution in [3.63, 3.8) is 0 Å². The van der Waals surface area contributed by atoms with Crippen molar-refractivity contribution in [2.45, 2.75) is 12.9 Å². The lowest BCUT2D eigenvalue weighted by atomic mass is 10.2. The zero-order valence-electron chi connectivity index (χ0n) is 10.8. The van der Waals surface area contributed by atoms with E-state index in [1.54, 1.807) is 0 Å². The first kappa shape index (κ1) is 14.9. The number of hydrogen-bond acceptors (Lipinski definition) is 4. The lowest BCUT2D eigenvalue weighted by Gasteiger charge is -2.12. The van der Waals surface area contributed by atoms with Gasteiger partial charge in [-0.05, 0) is 24.3 Å². The molecule has 0 N–H and O–H groups in total. The average Bonchev–Trinajstić information content (AvgIpc) is 2.40. The Kier molecular flexibility index (Phi) is 3.88. The van der Waals surface area contributed by atoms with E-state index < -0.39 is 23.6 Å². The Balaban J connectivity index is 2.49. The van der Waals surface area contributed by atoms with E-state index in [0.717, 1.165) is 22.8 Å². The molecule has 0 unspecified atom stereocenters. The van der Waals surface area contributed by atoms with E-state index in [9.17, 15) is 22.8 Å². The molecule has 1 heterocycles. The molecule has 2 aromatic rings. The maximum Gasteiger partial charge on any atom is 0.573 e. The number of alkyl halides is 3. The Morgan fingerprint density at radius 3 is 2.57 bits per heavy atom. The Bertz CT molecular complexity index is 736. The predicted octanol–water partition coefficient (Wildman–Crippen LogP) is 2.07. The van der Waals surface area contributed by atoms with Gasteiger partial charge < -0.3 is 9.47 Å². The van der Waals surface area contributed by atoms with Crippen LogP contribution < -0.4 is 10.3 Å². The number of pyridine rings is 1. The summed E-state index contributed by atoms with van der Waals surface area (Å²) in [5.41, 5.74) is -0.153. The molecule has 0 spiro atoms. The maximum absolute atomic E-state index is 12.2. The van der Waals surface area contributed by atoms with Crippen LogP contribution in [-0.4, -0.2) is 24.0 Å². The number of nitrogens with zero attached hydrogens (tertiary/aromatic N) is 1. The van der Waals surface area contributed by atoms with Gasteiger partial charge in [-0.25, -0.2) is 0 Å². The summed E-state index contributed by atoms with van der Waals surface area (Å²) < 4.78 is 45.9. The summed E-state index contributed by atoms with van der Waals surface area (Å²) in [6.07, 6.45) is -4.80. The van der Waals surface area contributed by atoms with Gasteiger partial charge in [0.05, 0.1) is 12.6 Å². The molecule has 2 rings (SSSR count). The maximum atomic E-state index is 12.2. The number of carbonyl (C=O) groups is 1. The highest BCUT2D eigenvalue weighted by atomic mass is 19.4. The molecule has 0 saturated heterocycles. The number of fused-ring (bicyclic) bond motifs is 1. The summed E-state index contributed by atoms with van der Waals surface area (Å²) in [7, 11) is 1.17. The van der Waals surface area contributed by atoms with Crippen molar-refractivity contribution in [1.82, 2.24) is 4.57 Å². The minimum Gasteiger partial charge on any atom is -0.468 e. The van der Waals surface area contributed by atoms with Gasteiger partial charge in [0.15, 0.2) is 0 Å². The van der Waals surface area contributed by atoms with Crippen LogP contribution in [0, 0.1) is 0 Å². The highest BCUT2D eigenvalue weighted by Gasteiger charge is 2.31. The normalized spacial score (nSPS) is 11.4. The Morgan fingerprint density at radius 2 is 1.95 bits per heavy atom. The highest BCUT2D eigenvalue weighted by molar-refractivity contribution is 5.82. The van der Waals surface area contributed by atoms with E-state index in [0.29, 0.717) is 10.9 Å². The summed E-state index contributed by atoms with van der Waals surface area (Å²) >= 11 is 0. The number of aromatic nitrogens is 1. The number of benzene rings is 1. The second kappa shape index (κ2) is 5.47. The molecular weight excluding hydrogens is 291 g/mol. The van der Waals surface area contributed by atoms with Gasteiger partial charge in [0.25, 0.3) is 5.56 Å². The topological polar surface area (TPSA) is 57.5 Å². The first-order chi connectivity index (χ1) is 9.80. The summed E-state index contributed by atoms with van der Waals surface area (Å²) in [6.45, 7) is -0.327. The minimum atomic E-state index is -4.80. The predicted molar refractivity (Wildman–Crippen MR) is 66.9 cm³/mol. The minimum absolute atomic E-state index is 0.308. The van der Waals surface area contributed by atoms with E-state index in [4.69, 9.17) is 0 Å². The molecule has 0 bridgehead atoms. The zero-order chi connectivity index (χ0) is 15.6. The lowest BCUT2D eigenvalue weighted by molar-refractivity contribution is -0.274. The second-order valence-electron chi connectivity index (χ2n) is 4.10. The van der Waals surface area contributed by atoms with Crippen molar-refractivity contribution in [1.29, 1.82) is 0 Å². The number of ether oxygens (including phenoxy) is 2. The van der Waals surface area contributed by atoms with Crippen LogP contribution in [0.15, 0.2) is 35.1 Å². The van der Waals surface area contributed by atoms with Crippen molar-refractivity contribution >= 4 is 16.9 Å². The van der Waals surface area contributed by atoms with Crippen LogP contribution >= 0.6 is 0 Å². The van der Waals surface area contributed by atoms with Crippen molar-refractivity contribution in [2.24, 2.45) is 0 Å². The Morgan fingerprint density at radius 1 is 1.24 bits per heavy atom. The molecule has 5 nitrogen and oxygen atoms in total. The number of methoxy groups -OCH3 is 1. The van der Waals surface area contributed by atoms with E-state index in [-0.39, 0.29) is 6.54 Å². The average molecular weight is 301 g/mol. The number of carbonyl (C=O) groups excluding carboxylic acids is 1. The number of halogens is 3.